The lowest BCUT2D eigenvalue weighted by Gasteiger charge is -2.34. The van der Waals surface area contributed by atoms with E-state index in [9.17, 15) is 61.1 Å². The summed E-state index contributed by atoms with van der Waals surface area (Å²) in [7, 11) is -7.88. The van der Waals surface area contributed by atoms with E-state index in [0.717, 1.165) is 0 Å². The summed E-state index contributed by atoms with van der Waals surface area (Å²) in [6, 6.07) is 0. The smallest absolute Gasteiger partial charge is 0.224 e. The first-order valence-corrected chi connectivity index (χ1v) is 5.79. The number of hydrogen-bond acceptors (Lipinski definition) is 3. The van der Waals surface area contributed by atoms with E-state index in [2.05, 4.69) is 4.18 Å². The molecule has 0 radical (unpaired) electrons. The van der Waals surface area contributed by atoms with Crippen LogP contribution >= 0.6 is 0 Å². The van der Waals surface area contributed by atoms with Crippen LogP contribution in [0.1, 0.15) is 0 Å². The molecule has 0 aromatic rings. The van der Waals surface area contributed by atoms with Crippen molar-refractivity contribution in [3.8, 4) is 0 Å². The number of rotatable bonds is 5. The van der Waals surface area contributed by atoms with E-state index in [0.29, 0.717) is 0 Å². The molecule has 134 valence electrons. The fraction of sp³-hybridized carbons (Fsp3) is 1.00. The van der Waals surface area contributed by atoms with Gasteiger partial charge in [-0.2, -0.15) is 43.5 Å². The molecular weight excluding hydrogens is 380 g/mol. The van der Waals surface area contributed by atoms with Crippen molar-refractivity contribution in [2.45, 2.75) is 36.1 Å². The Bertz CT molecular complexity index is 492. The topological polar surface area (TPSA) is 43.4 Å². The van der Waals surface area contributed by atoms with Crippen LogP contribution in [0.4, 0.5) is 52.7 Å². The predicted octanol–water partition coefficient (Wildman–Crippen LogP) is 3.32. The van der Waals surface area contributed by atoms with Gasteiger partial charge in [0, 0.05) is 0 Å². The van der Waals surface area contributed by atoms with Crippen molar-refractivity contribution in [1.29, 1.82) is 0 Å². The molecule has 0 saturated carbocycles. The van der Waals surface area contributed by atoms with Gasteiger partial charge in [-0.3, -0.25) is 0 Å². The molecule has 0 aliphatic heterocycles. The minimum absolute atomic E-state index is 2.15. The van der Waals surface area contributed by atoms with Gasteiger partial charge in [-0.1, -0.05) is 0 Å². The second kappa shape index (κ2) is 5.61. The molecule has 2 atom stereocenters. The quantitative estimate of drug-likeness (QED) is 0.541. The van der Waals surface area contributed by atoms with Crippen LogP contribution in [0.3, 0.4) is 0 Å². The molecule has 0 rings (SSSR count). The Kier molecular flexibility index (Phi) is 5.37. The highest BCUT2D eigenvalue weighted by Crippen LogP contribution is 2.56. The van der Waals surface area contributed by atoms with Crippen molar-refractivity contribution >= 4 is 10.1 Å². The van der Waals surface area contributed by atoms with Gasteiger partial charge in [0.25, 0.3) is 12.8 Å². The van der Waals surface area contributed by atoms with Gasteiger partial charge in [0.2, 0.25) is 0 Å². The maximum atomic E-state index is 13.3. The second-order valence-corrected chi connectivity index (χ2v) is 5.06. The van der Waals surface area contributed by atoms with E-state index in [4.69, 9.17) is 0 Å². The average Bonchev–Trinajstić information content (AvgIpc) is 2.23. The summed E-state index contributed by atoms with van der Waals surface area (Å²) in [6.07, 6.45) is -24.1. The lowest BCUT2D eigenvalue weighted by atomic mass is 10.2. The van der Waals surface area contributed by atoms with E-state index < -0.39 is 46.2 Å². The van der Waals surface area contributed by atoms with Gasteiger partial charge in [-0.25, -0.2) is 21.7 Å². The Labute approximate surface area is 112 Å². The zero-order chi connectivity index (χ0) is 18.4. The molecule has 0 bridgehead atoms. The van der Waals surface area contributed by atoms with Crippen molar-refractivity contribution in [3.05, 3.63) is 0 Å². The molecule has 0 saturated heterocycles. The lowest BCUT2D eigenvalue weighted by molar-refractivity contribution is -0.360. The summed E-state index contributed by atoms with van der Waals surface area (Å²) < 4.78 is 169. The number of alkyl halides is 12. The van der Waals surface area contributed by atoms with Crippen LogP contribution in [0.2, 0.25) is 0 Å². The Hall–Kier alpha value is -0.930. The first-order valence-electron chi connectivity index (χ1n) is 4.38. The second-order valence-electron chi connectivity index (χ2n) is 3.40. The normalized spacial score (nSPS) is 19.1. The van der Waals surface area contributed by atoms with Crippen molar-refractivity contribution in [2.24, 2.45) is 0 Å². The fourth-order valence-corrected chi connectivity index (χ4v) is 2.06. The van der Waals surface area contributed by atoms with Gasteiger partial charge in [-0.15, -0.1) is 0 Å². The molecule has 16 heteroatoms. The molecule has 0 aliphatic carbocycles. The van der Waals surface area contributed by atoms with Crippen LogP contribution in [-0.4, -0.2) is 44.5 Å². The van der Waals surface area contributed by atoms with Crippen molar-refractivity contribution < 1.29 is 65.3 Å². The Morgan fingerprint density at radius 1 is 0.727 bits per heavy atom. The Balaban J connectivity index is 6.29. The molecule has 0 amide bonds. The van der Waals surface area contributed by atoms with Crippen molar-refractivity contribution in [3.63, 3.8) is 0 Å². The highest BCUT2D eigenvalue weighted by Gasteiger charge is 2.88. The van der Waals surface area contributed by atoms with Crippen LogP contribution in [0, 0.1) is 0 Å². The van der Waals surface area contributed by atoms with E-state index in [1.54, 1.807) is 0 Å². The molecular formula is C6H2F12O3S. The number of halogens is 12. The fourth-order valence-electron chi connectivity index (χ4n) is 0.888. The van der Waals surface area contributed by atoms with Gasteiger partial charge in [0.15, 0.2) is 0 Å². The molecule has 0 N–H and O–H groups in total. The summed E-state index contributed by atoms with van der Waals surface area (Å²) >= 11 is 0. The summed E-state index contributed by atoms with van der Waals surface area (Å²) in [4.78, 5) is 0. The first kappa shape index (κ1) is 21.1. The Morgan fingerprint density at radius 3 is 1.32 bits per heavy atom. The van der Waals surface area contributed by atoms with Crippen molar-refractivity contribution in [1.82, 2.24) is 0 Å². The van der Waals surface area contributed by atoms with Crippen LogP contribution in [0.5, 0.6) is 0 Å². The maximum absolute atomic E-state index is 13.3. The SMILES string of the molecule is O=S(=O)(OC(F)C(F)F)C(F)(C(F)(F)F)C(F)(F)C(F)(F)F. The summed E-state index contributed by atoms with van der Waals surface area (Å²) in [5.41, 5.74) is 0. The highest BCUT2D eigenvalue weighted by atomic mass is 32.2. The monoisotopic (exact) mass is 382 g/mol. The van der Waals surface area contributed by atoms with Gasteiger partial charge in [0.1, 0.15) is 0 Å². The Morgan fingerprint density at radius 2 is 1.09 bits per heavy atom. The van der Waals surface area contributed by atoms with Gasteiger partial charge in [-0.05, 0) is 0 Å². The molecule has 22 heavy (non-hydrogen) atoms. The molecule has 0 aromatic heterocycles. The molecule has 0 aliphatic rings. The zero-order valence-corrected chi connectivity index (χ0v) is 10.1. The highest BCUT2D eigenvalue weighted by molar-refractivity contribution is 7.88. The molecule has 0 spiro atoms. The molecule has 0 fully saturated rings. The van der Waals surface area contributed by atoms with Crippen molar-refractivity contribution in [2.75, 3.05) is 0 Å². The van der Waals surface area contributed by atoms with Gasteiger partial charge in [0.05, 0.1) is 0 Å². The van der Waals surface area contributed by atoms with E-state index in [1.807, 2.05) is 0 Å². The molecule has 0 aromatic carbocycles. The minimum atomic E-state index is -7.88. The standard InChI is InChI=1S/C6H2F12O3S/c7-1(8)2(9)21-22(19,20)4(12,6(16,17)18)3(10,11)5(13,14)15/h1-2H. The summed E-state index contributed by atoms with van der Waals surface area (Å²) in [6.45, 7) is 0. The molecule has 3 nitrogen and oxygen atoms in total. The largest absolute Gasteiger partial charge is 0.458 e. The number of hydrogen-bond donors (Lipinski definition) is 0. The predicted molar refractivity (Wildman–Crippen MR) is 41.8 cm³/mol. The van der Waals surface area contributed by atoms with Crippen LogP contribution in [0.15, 0.2) is 0 Å². The third-order valence-corrected chi connectivity index (χ3v) is 3.50. The minimum Gasteiger partial charge on any atom is -0.224 e. The third kappa shape index (κ3) is 3.21. The van der Waals surface area contributed by atoms with E-state index >= 15 is 0 Å². The van der Waals surface area contributed by atoms with E-state index in [1.165, 1.54) is 0 Å². The van der Waals surface area contributed by atoms with Crippen LogP contribution in [-0.2, 0) is 14.3 Å². The maximum Gasteiger partial charge on any atom is 0.458 e. The molecule has 0 heterocycles. The van der Waals surface area contributed by atoms with E-state index in [-0.39, 0.29) is 0 Å². The molecule has 2 unspecified atom stereocenters. The average molecular weight is 382 g/mol. The summed E-state index contributed by atoms with van der Waals surface area (Å²) in [5.74, 6) is -7.68. The third-order valence-electron chi connectivity index (χ3n) is 1.89. The first-order chi connectivity index (χ1) is 9.33. The van der Waals surface area contributed by atoms with Gasteiger partial charge >= 0.3 is 33.4 Å². The van der Waals surface area contributed by atoms with Crippen LogP contribution in [0.25, 0.3) is 0 Å². The summed E-state index contributed by atoms with van der Waals surface area (Å²) in [5, 5.41) is -7.55. The zero-order valence-electron chi connectivity index (χ0n) is 9.32. The lowest BCUT2D eigenvalue weighted by Crippen LogP contribution is -2.66. The van der Waals surface area contributed by atoms with Gasteiger partial charge < -0.3 is 0 Å². The van der Waals surface area contributed by atoms with Crippen LogP contribution < -0.4 is 0 Å².